The van der Waals surface area contributed by atoms with Gasteiger partial charge in [-0.05, 0) is 18.2 Å². The van der Waals surface area contributed by atoms with Crippen LogP contribution in [0.2, 0.25) is 0 Å². The van der Waals surface area contributed by atoms with Gasteiger partial charge < -0.3 is 10.4 Å². The summed E-state index contributed by atoms with van der Waals surface area (Å²) in [5, 5.41) is 11.4. The summed E-state index contributed by atoms with van der Waals surface area (Å²) in [6.07, 6.45) is 0. The zero-order chi connectivity index (χ0) is 10.3. The topological polar surface area (TPSA) is 49.3 Å². The zero-order valence-electron chi connectivity index (χ0n) is 8.16. The third-order valence-corrected chi connectivity index (χ3v) is 1.34. The number of phenolic OH excluding ortho intramolecular Hbond substituents is 1. The van der Waals surface area contributed by atoms with Gasteiger partial charge in [0, 0.05) is 12.6 Å². The van der Waals surface area contributed by atoms with Gasteiger partial charge in [0.1, 0.15) is 5.75 Å². The van der Waals surface area contributed by atoms with E-state index in [2.05, 4.69) is 5.32 Å². The van der Waals surface area contributed by atoms with E-state index in [1.54, 1.807) is 19.2 Å². The number of carbonyl (C=O) groups excluding carboxylic acids is 1. The Hall–Kier alpha value is -1.51. The highest BCUT2D eigenvalue weighted by atomic mass is 16.3. The van der Waals surface area contributed by atoms with Crippen molar-refractivity contribution in [1.29, 1.82) is 0 Å². The SMILES string of the molecule is CC.CNC(=O)c1cccc(O)c1. The van der Waals surface area contributed by atoms with Crippen molar-refractivity contribution in [3.63, 3.8) is 0 Å². The van der Waals surface area contributed by atoms with Crippen molar-refractivity contribution >= 4 is 5.91 Å². The molecule has 1 rings (SSSR count). The van der Waals surface area contributed by atoms with Gasteiger partial charge >= 0.3 is 0 Å². The van der Waals surface area contributed by atoms with Gasteiger partial charge in [0.2, 0.25) is 0 Å². The van der Waals surface area contributed by atoms with Crippen LogP contribution < -0.4 is 5.32 Å². The molecule has 72 valence electrons. The van der Waals surface area contributed by atoms with Gasteiger partial charge in [-0.15, -0.1) is 0 Å². The second-order valence-corrected chi connectivity index (χ2v) is 2.13. The van der Waals surface area contributed by atoms with Crippen LogP contribution >= 0.6 is 0 Å². The Morgan fingerprint density at radius 1 is 1.38 bits per heavy atom. The van der Waals surface area contributed by atoms with E-state index in [-0.39, 0.29) is 11.7 Å². The Kier molecular flexibility index (Phi) is 5.35. The van der Waals surface area contributed by atoms with Gasteiger partial charge in [-0.25, -0.2) is 0 Å². The highest BCUT2D eigenvalue weighted by Gasteiger charge is 2.01. The number of carbonyl (C=O) groups is 1. The fourth-order valence-electron chi connectivity index (χ4n) is 0.791. The van der Waals surface area contributed by atoms with Crippen LogP contribution in [0.5, 0.6) is 5.75 Å². The highest BCUT2D eigenvalue weighted by Crippen LogP contribution is 2.09. The maximum Gasteiger partial charge on any atom is 0.251 e. The minimum Gasteiger partial charge on any atom is -0.508 e. The van der Waals surface area contributed by atoms with Gasteiger partial charge in [0.05, 0.1) is 0 Å². The molecule has 0 fully saturated rings. The maximum atomic E-state index is 10.9. The Morgan fingerprint density at radius 2 is 2.00 bits per heavy atom. The van der Waals surface area contributed by atoms with E-state index < -0.39 is 0 Å². The average Bonchev–Trinajstić information content (AvgIpc) is 2.20. The van der Waals surface area contributed by atoms with Gasteiger partial charge in [0.15, 0.2) is 0 Å². The van der Waals surface area contributed by atoms with Crippen LogP contribution in [0.3, 0.4) is 0 Å². The van der Waals surface area contributed by atoms with Crippen LogP contribution in [0, 0.1) is 0 Å². The lowest BCUT2D eigenvalue weighted by molar-refractivity contribution is 0.0962. The molecule has 0 aliphatic carbocycles. The fraction of sp³-hybridized carbons (Fsp3) is 0.300. The first-order valence-corrected chi connectivity index (χ1v) is 4.25. The zero-order valence-corrected chi connectivity index (χ0v) is 8.16. The number of aromatic hydroxyl groups is 1. The van der Waals surface area contributed by atoms with Crippen LogP contribution in [-0.2, 0) is 0 Å². The Balaban J connectivity index is 0.000000671. The summed E-state index contributed by atoms with van der Waals surface area (Å²) < 4.78 is 0. The van der Waals surface area contributed by atoms with Crippen LogP contribution in [0.1, 0.15) is 24.2 Å². The summed E-state index contributed by atoms with van der Waals surface area (Å²) in [5.74, 6) is -0.0907. The van der Waals surface area contributed by atoms with E-state index in [0.717, 1.165) is 0 Å². The largest absolute Gasteiger partial charge is 0.508 e. The van der Waals surface area contributed by atoms with E-state index in [1.165, 1.54) is 12.1 Å². The van der Waals surface area contributed by atoms with E-state index in [4.69, 9.17) is 5.11 Å². The molecule has 0 unspecified atom stereocenters. The summed E-state index contributed by atoms with van der Waals surface area (Å²) in [5.41, 5.74) is 0.465. The van der Waals surface area contributed by atoms with Crippen LogP contribution in [0.15, 0.2) is 24.3 Å². The Bertz CT molecular complexity index is 271. The normalized spacial score (nSPS) is 8.23. The molecular weight excluding hydrogens is 166 g/mol. The van der Waals surface area contributed by atoms with Gasteiger partial charge in [-0.3, -0.25) is 4.79 Å². The summed E-state index contributed by atoms with van der Waals surface area (Å²) in [7, 11) is 1.55. The predicted octanol–water partition coefficient (Wildman–Crippen LogP) is 1.78. The van der Waals surface area contributed by atoms with Crippen molar-refractivity contribution in [3.8, 4) is 5.75 Å². The first-order chi connectivity index (χ1) is 6.24. The number of benzene rings is 1. The lowest BCUT2D eigenvalue weighted by Gasteiger charge is -1.98. The summed E-state index contributed by atoms with van der Waals surface area (Å²) in [6, 6.07) is 6.20. The molecule has 0 aliphatic rings. The van der Waals surface area contributed by atoms with Crippen LogP contribution in [0.25, 0.3) is 0 Å². The van der Waals surface area contributed by atoms with Crippen molar-refractivity contribution in [2.24, 2.45) is 0 Å². The number of nitrogens with one attached hydrogen (secondary N) is 1. The predicted molar refractivity (Wildman–Crippen MR) is 52.8 cm³/mol. The number of hydrogen-bond acceptors (Lipinski definition) is 2. The average molecular weight is 181 g/mol. The monoisotopic (exact) mass is 181 g/mol. The van der Waals surface area contributed by atoms with Crippen LogP contribution in [0.4, 0.5) is 0 Å². The van der Waals surface area contributed by atoms with Crippen molar-refractivity contribution < 1.29 is 9.90 Å². The quantitative estimate of drug-likeness (QED) is 0.693. The molecule has 0 saturated carbocycles. The molecule has 0 heterocycles. The van der Waals surface area contributed by atoms with E-state index in [0.29, 0.717) is 5.56 Å². The fourth-order valence-corrected chi connectivity index (χ4v) is 0.791. The van der Waals surface area contributed by atoms with Crippen molar-refractivity contribution in [2.75, 3.05) is 7.05 Å². The van der Waals surface area contributed by atoms with E-state index >= 15 is 0 Å². The molecule has 2 N–H and O–H groups in total. The van der Waals surface area contributed by atoms with Gasteiger partial charge in [-0.2, -0.15) is 0 Å². The standard InChI is InChI=1S/C8H9NO2.C2H6/c1-9-8(11)6-3-2-4-7(10)5-6;1-2/h2-5,10H,1H3,(H,9,11);1-2H3. The molecule has 0 atom stereocenters. The molecule has 0 aromatic heterocycles. The molecule has 13 heavy (non-hydrogen) atoms. The highest BCUT2D eigenvalue weighted by molar-refractivity contribution is 5.94. The molecule has 0 saturated heterocycles. The Morgan fingerprint density at radius 3 is 2.46 bits per heavy atom. The maximum absolute atomic E-state index is 10.9. The molecule has 3 nitrogen and oxygen atoms in total. The minimum atomic E-state index is -0.194. The van der Waals surface area contributed by atoms with Gasteiger partial charge in [-0.1, -0.05) is 19.9 Å². The molecule has 1 aromatic rings. The number of amides is 1. The lowest BCUT2D eigenvalue weighted by Crippen LogP contribution is -2.17. The molecule has 1 aromatic carbocycles. The minimum absolute atomic E-state index is 0.103. The number of phenols is 1. The summed E-state index contributed by atoms with van der Waals surface area (Å²) >= 11 is 0. The molecule has 0 radical (unpaired) electrons. The Labute approximate surface area is 78.4 Å². The summed E-state index contributed by atoms with van der Waals surface area (Å²) in [6.45, 7) is 4.00. The molecular formula is C10H15NO2. The second kappa shape index (κ2) is 6.06. The molecule has 1 amide bonds. The second-order valence-electron chi connectivity index (χ2n) is 2.13. The molecule has 3 heteroatoms. The van der Waals surface area contributed by atoms with E-state index in [1.807, 2.05) is 13.8 Å². The smallest absolute Gasteiger partial charge is 0.251 e. The van der Waals surface area contributed by atoms with Crippen molar-refractivity contribution in [2.45, 2.75) is 13.8 Å². The van der Waals surface area contributed by atoms with Crippen molar-refractivity contribution in [3.05, 3.63) is 29.8 Å². The van der Waals surface area contributed by atoms with E-state index in [9.17, 15) is 4.79 Å². The first-order valence-electron chi connectivity index (χ1n) is 4.25. The summed E-state index contributed by atoms with van der Waals surface area (Å²) in [4.78, 5) is 10.9. The lowest BCUT2D eigenvalue weighted by atomic mass is 10.2. The number of rotatable bonds is 1. The third-order valence-electron chi connectivity index (χ3n) is 1.34. The van der Waals surface area contributed by atoms with Gasteiger partial charge in [0.25, 0.3) is 5.91 Å². The first kappa shape index (κ1) is 11.5. The van der Waals surface area contributed by atoms with Crippen LogP contribution in [-0.4, -0.2) is 18.1 Å². The van der Waals surface area contributed by atoms with Crippen molar-refractivity contribution in [1.82, 2.24) is 5.32 Å². The molecule has 0 bridgehead atoms. The number of hydrogen-bond donors (Lipinski definition) is 2. The molecule has 0 spiro atoms. The molecule has 0 aliphatic heterocycles. The third kappa shape index (κ3) is 3.60.